The van der Waals surface area contributed by atoms with Crippen LogP contribution in [0.2, 0.25) is 0 Å². The number of hydrogen-bond acceptors (Lipinski definition) is 6. The number of aryl methyl sites for hydroxylation is 1. The Morgan fingerprint density at radius 2 is 2.29 bits per heavy atom. The Balaban J connectivity index is 2.04. The Hall–Kier alpha value is -2.44. The minimum absolute atomic E-state index is 0.0145. The maximum absolute atomic E-state index is 10.7. The number of nitrogens with zero attached hydrogens (tertiary/aromatic N) is 3. The van der Waals surface area contributed by atoms with Gasteiger partial charge in [0, 0.05) is 6.92 Å². The van der Waals surface area contributed by atoms with Crippen LogP contribution in [0.3, 0.4) is 0 Å². The number of rotatable bonds is 4. The van der Waals surface area contributed by atoms with Crippen LogP contribution in [-0.2, 0) is 6.54 Å². The van der Waals surface area contributed by atoms with Gasteiger partial charge in [0.25, 0.3) is 0 Å². The summed E-state index contributed by atoms with van der Waals surface area (Å²) in [4.78, 5) is 18.6. The van der Waals surface area contributed by atoms with E-state index in [-0.39, 0.29) is 5.69 Å². The van der Waals surface area contributed by atoms with E-state index in [1.165, 1.54) is 6.07 Å². The van der Waals surface area contributed by atoms with Crippen molar-refractivity contribution >= 4 is 11.8 Å². The van der Waals surface area contributed by atoms with Crippen molar-refractivity contribution in [1.29, 1.82) is 0 Å². The lowest BCUT2D eigenvalue weighted by Crippen LogP contribution is -2.06. The number of pyridine rings is 1. The van der Waals surface area contributed by atoms with Crippen LogP contribution in [0.5, 0.6) is 0 Å². The van der Waals surface area contributed by atoms with Crippen molar-refractivity contribution < 1.29 is 14.4 Å². The van der Waals surface area contributed by atoms with Gasteiger partial charge in [0.15, 0.2) is 11.5 Å². The van der Waals surface area contributed by atoms with Crippen LogP contribution in [0.4, 0.5) is 5.82 Å². The molecule has 2 rings (SSSR count). The molecule has 0 fully saturated rings. The molecule has 0 unspecified atom stereocenters. The number of carboxylic acid groups (broad SMARTS) is 1. The largest absolute Gasteiger partial charge is 0.477 e. The smallest absolute Gasteiger partial charge is 0.354 e. The summed E-state index contributed by atoms with van der Waals surface area (Å²) in [6.45, 7) is 2.02. The van der Waals surface area contributed by atoms with Gasteiger partial charge in [-0.3, -0.25) is 0 Å². The van der Waals surface area contributed by atoms with Crippen molar-refractivity contribution in [3.8, 4) is 0 Å². The second-order valence-corrected chi connectivity index (χ2v) is 3.30. The predicted octanol–water partition coefficient (Wildman–Crippen LogP) is 1.08. The van der Waals surface area contributed by atoms with E-state index in [0.717, 1.165) is 0 Å². The second kappa shape index (κ2) is 4.60. The standard InChI is InChI=1S/C10H10N4O3/c1-6-12-9(14-17-6)5-11-8-4-2-3-7(13-8)10(15)16/h2-4H,5H2,1H3,(H,11,13)(H,15,16). The zero-order valence-corrected chi connectivity index (χ0v) is 9.04. The first-order valence-corrected chi connectivity index (χ1v) is 4.88. The maximum Gasteiger partial charge on any atom is 0.354 e. The van der Waals surface area contributed by atoms with Crippen LogP contribution in [0.15, 0.2) is 22.7 Å². The SMILES string of the molecule is Cc1nc(CNc2cccc(C(=O)O)n2)no1. The van der Waals surface area contributed by atoms with E-state index in [1.807, 2.05) is 0 Å². The fourth-order valence-electron chi connectivity index (χ4n) is 1.24. The van der Waals surface area contributed by atoms with Gasteiger partial charge in [-0.2, -0.15) is 4.98 Å². The molecule has 0 amide bonds. The highest BCUT2D eigenvalue weighted by Gasteiger charge is 2.06. The molecule has 88 valence electrons. The number of aromatic nitrogens is 3. The van der Waals surface area contributed by atoms with Crippen molar-refractivity contribution in [2.45, 2.75) is 13.5 Å². The fourth-order valence-corrected chi connectivity index (χ4v) is 1.24. The third kappa shape index (κ3) is 2.77. The first kappa shape index (κ1) is 11.1. The molecule has 0 aromatic carbocycles. The molecule has 7 nitrogen and oxygen atoms in total. The number of hydrogen-bond donors (Lipinski definition) is 2. The Morgan fingerprint density at radius 1 is 1.47 bits per heavy atom. The summed E-state index contributed by atoms with van der Waals surface area (Å²) in [5, 5.41) is 15.4. The Labute approximate surface area is 96.5 Å². The van der Waals surface area contributed by atoms with Gasteiger partial charge >= 0.3 is 5.97 Å². The highest BCUT2D eigenvalue weighted by Crippen LogP contribution is 2.06. The predicted molar refractivity (Wildman–Crippen MR) is 57.6 cm³/mol. The first-order chi connectivity index (χ1) is 8.15. The van der Waals surface area contributed by atoms with Crippen LogP contribution in [0.25, 0.3) is 0 Å². The lowest BCUT2D eigenvalue weighted by molar-refractivity contribution is 0.0690. The Kier molecular flexibility index (Phi) is 2.99. The zero-order chi connectivity index (χ0) is 12.3. The van der Waals surface area contributed by atoms with Crippen LogP contribution in [0.1, 0.15) is 22.2 Å². The van der Waals surface area contributed by atoms with E-state index in [1.54, 1.807) is 19.1 Å². The highest BCUT2D eigenvalue weighted by molar-refractivity contribution is 5.85. The van der Waals surface area contributed by atoms with Gasteiger partial charge in [0.05, 0.1) is 6.54 Å². The topological polar surface area (TPSA) is 101 Å². The van der Waals surface area contributed by atoms with Crippen molar-refractivity contribution in [3.05, 3.63) is 35.6 Å². The molecular weight excluding hydrogens is 224 g/mol. The first-order valence-electron chi connectivity index (χ1n) is 4.88. The number of aromatic carboxylic acids is 1. The number of anilines is 1. The summed E-state index contributed by atoms with van der Waals surface area (Å²) in [5.74, 6) is 0.357. The number of carboxylic acids is 1. The normalized spacial score (nSPS) is 10.2. The zero-order valence-electron chi connectivity index (χ0n) is 9.04. The van der Waals surface area contributed by atoms with Crippen LogP contribution in [0, 0.1) is 6.92 Å². The third-order valence-corrected chi connectivity index (χ3v) is 1.97. The number of nitrogens with one attached hydrogen (secondary N) is 1. The lowest BCUT2D eigenvalue weighted by Gasteiger charge is -2.02. The maximum atomic E-state index is 10.7. The highest BCUT2D eigenvalue weighted by atomic mass is 16.5. The average molecular weight is 234 g/mol. The molecule has 17 heavy (non-hydrogen) atoms. The summed E-state index contributed by atoms with van der Waals surface area (Å²) >= 11 is 0. The summed E-state index contributed by atoms with van der Waals surface area (Å²) < 4.78 is 4.80. The van der Waals surface area contributed by atoms with Gasteiger partial charge in [0.1, 0.15) is 5.82 Å². The molecule has 0 saturated heterocycles. The van der Waals surface area contributed by atoms with E-state index < -0.39 is 5.97 Å². The van der Waals surface area contributed by atoms with Gasteiger partial charge in [-0.1, -0.05) is 11.2 Å². The molecule has 0 bridgehead atoms. The van der Waals surface area contributed by atoms with Crippen molar-refractivity contribution in [1.82, 2.24) is 15.1 Å². The Morgan fingerprint density at radius 3 is 2.94 bits per heavy atom. The molecule has 2 aromatic rings. The van der Waals surface area contributed by atoms with Gasteiger partial charge < -0.3 is 14.9 Å². The summed E-state index contributed by atoms with van der Waals surface area (Å²) in [6, 6.07) is 4.70. The molecule has 2 N–H and O–H groups in total. The molecule has 0 saturated carbocycles. The molecule has 2 heterocycles. The van der Waals surface area contributed by atoms with E-state index in [0.29, 0.717) is 24.1 Å². The van der Waals surface area contributed by atoms with Crippen molar-refractivity contribution in [2.24, 2.45) is 0 Å². The lowest BCUT2D eigenvalue weighted by atomic mass is 10.3. The summed E-state index contributed by atoms with van der Waals surface area (Å²) in [6.07, 6.45) is 0. The molecule has 0 spiro atoms. The summed E-state index contributed by atoms with van der Waals surface area (Å²) in [5.41, 5.74) is -0.0145. The molecule has 0 radical (unpaired) electrons. The van der Waals surface area contributed by atoms with E-state index in [9.17, 15) is 4.79 Å². The quantitative estimate of drug-likeness (QED) is 0.816. The van der Waals surface area contributed by atoms with Crippen molar-refractivity contribution in [3.63, 3.8) is 0 Å². The Bertz CT molecular complexity index is 538. The minimum Gasteiger partial charge on any atom is -0.477 e. The molecule has 0 aliphatic carbocycles. The van der Waals surface area contributed by atoms with Gasteiger partial charge in [-0.05, 0) is 12.1 Å². The number of carbonyl (C=O) groups is 1. The third-order valence-electron chi connectivity index (χ3n) is 1.97. The van der Waals surface area contributed by atoms with Gasteiger partial charge in [0.2, 0.25) is 5.89 Å². The molecular formula is C10H10N4O3. The fraction of sp³-hybridized carbons (Fsp3) is 0.200. The monoisotopic (exact) mass is 234 g/mol. The average Bonchev–Trinajstić information content (AvgIpc) is 2.73. The van der Waals surface area contributed by atoms with Gasteiger partial charge in [-0.25, -0.2) is 9.78 Å². The van der Waals surface area contributed by atoms with E-state index in [2.05, 4.69) is 20.4 Å². The molecule has 0 atom stereocenters. The van der Waals surface area contributed by atoms with Crippen LogP contribution in [-0.4, -0.2) is 26.2 Å². The van der Waals surface area contributed by atoms with Crippen molar-refractivity contribution in [2.75, 3.05) is 5.32 Å². The second-order valence-electron chi connectivity index (χ2n) is 3.30. The molecule has 0 aliphatic heterocycles. The van der Waals surface area contributed by atoms with Crippen LogP contribution >= 0.6 is 0 Å². The minimum atomic E-state index is -1.07. The molecule has 7 heteroatoms. The molecule has 0 aliphatic rings. The van der Waals surface area contributed by atoms with Crippen LogP contribution < -0.4 is 5.32 Å². The van der Waals surface area contributed by atoms with E-state index in [4.69, 9.17) is 9.63 Å². The molecule has 2 aromatic heterocycles. The van der Waals surface area contributed by atoms with E-state index >= 15 is 0 Å². The van der Waals surface area contributed by atoms with Gasteiger partial charge in [-0.15, -0.1) is 0 Å². The summed E-state index contributed by atoms with van der Waals surface area (Å²) in [7, 11) is 0.